The van der Waals surface area contributed by atoms with Gasteiger partial charge in [0.05, 0.1) is 5.92 Å². The Morgan fingerprint density at radius 1 is 0.962 bits per heavy atom. The van der Waals surface area contributed by atoms with Gasteiger partial charge in [0.2, 0.25) is 11.8 Å². The van der Waals surface area contributed by atoms with Crippen molar-refractivity contribution in [3.63, 3.8) is 0 Å². The number of nitrogens with one attached hydrogen (secondary N) is 2. The number of aryl methyl sites for hydroxylation is 1. The molecule has 0 aromatic heterocycles. The lowest BCUT2D eigenvalue weighted by Crippen LogP contribution is -2.31. The highest BCUT2D eigenvalue weighted by molar-refractivity contribution is 5.94. The third kappa shape index (κ3) is 3.79. The Morgan fingerprint density at radius 3 is 2.65 bits per heavy atom. The molecule has 0 spiro atoms. The van der Waals surface area contributed by atoms with E-state index in [1.807, 2.05) is 36.4 Å². The minimum Gasteiger partial charge on any atom is -0.351 e. The number of carbonyl (C=O) groups excluding carboxylic acids is 2. The van der Waals surface area contributed by atoms with Gasteiger partial charge in [-0.2, -0.15) is 0 Å². The van der Waals surface area contributed by atoms with Crippen molar-refractivity contribution < 1.29 is 9.59 Å². The molecular weight excluding hydrogens is 324 g/mol. The third-order valence-electron chi connectivity index (χ3n) is 5.30. The summed E-state index contributed by atoms with van der Waals surface area (Å²) >= 11 is 0. The predicted octanol–water partition coefficient (Wildman–Crippen LogP) is 3.77. The van der Waals surface area contributed by atoms with Crippen LogP contribution in [0.3, 0.4) is 0 Å². The van der Waals surface area contributed by atoms with E-state index >= 15 is 0 Å². The lowest BCUT2D eigenvalue weighted by molar-refractivity contribution is -0.123. The van der Waals surface area contributed by atoms with Crippen LogP contribution >= 0.6 is 0 Å². The van der Waals surface area contributed by atoms with Crippen LogP contribution in [0.2, 0.25) is 0 Å². The second-order valence-electron chi connectivity index (χ2n) is 7.33. The number of rotatable bonds is 5. The van der Waals surface area contributed by atoms with Crippen LogP contribution in [0.1, 0.15) is 48.3 Å². The van der Waals surface area contributed by atoms with Crippen molar-refractivity contribution in [2.45, 2.75) is 44.6 Å². The molecule has 2 amide bonds. The number of amides is 2. The highest BCUT2D eigenvalue weighted by Crippen LogP contribution is 2.32. The predicted molar refractivity (Wildman–Crippen MR) is 102 cm³/mol. The van der Waals surface area contributed by atoms with E-state index in [1.165, 1.54) is 11.1 Å². The van der Waals surface area contributed by atoms with Gasteiger partial charge in [-0.15, -0.1) is 0 Å². The minimum atomic E-state index is -0.0577. The lowest BCUT2D eigenvalue weighted by atomic mass is 9.82. The number of carbonyl (C=O) groups is 2. The zero-order chi connectivity index (χ0) is 17.9. The van der Waals surface area contributed by atoms with Gasteiger partial charge in [0, 0.05) is 18.2 Å². The average molecular weight is 348 g/mol. The first-order valence-corrected chi connectivity index (χ1v) is 9.46. The normalized spacial score (nSPS) is 18.7. The molecule has 0 radical (unpaired) electrons. The summed E-state index contributed by atoms with van der Waals surface area (Å²) in [6, 6.07) is 16.0. The molecule has 1 fully saturated rings. The van der Waals surface area contributed by atoms with Crippen LogP contribution in [-0.2, 0) is 22.6 Å². The smallest absolute Gasteiger partial charge is 0.227 e. The molecule has 4 nitrogen and oxygen atoms in total. The summed E-state index contributed by atoms with van der Waals surface area (Å²) < 4.78 is 0. The molecule has 0 unspecified atom stereocenters. The summed E-state index contributed by atoms with van der Waals surface area (Å²) in [7, 11) is 0. The Morgan fingerprint density at radius 2 is 1.81 bits per heavy atom. The zero-order valence-electron chi connectivity index (χ0n) is 14.8. The largest absolute Gasteiger partial charge is 0.351 e. The van der Waals surface area contributed by atoms with Crippen molar-refractivity contribution >= 4 is 17.5 Å². The molecule has 2 N–H and O–H groups in total. The first-order chi connectivity index (χ1) is 12.7. The fourth-order valence-corrected chi connectivity index (χ4v) is 3.69. The Hall–Kier alpha value is -2.62. The van der Waals surface area contributed by atoms with E-state index in [-0.39, 0.29) is 23.7 Å². The van der Waals surface area contributed by atoms with Gasteiger partial charge in [-0.1, -0.05) is 36.4 Å². The maximum Gasteiger partial charge on any atom is 0.227 e. The highest BCUT2D eigenvalue weighted by Gasteiger charge is 2.29. The molecule has 0 heterocycles. The Labute approximate surface area is 154 Å². The van der Waals surface area contributed by atoms with Crippen LogP contribution in [0.4, 0.5) is 5.69 Å². The minimum absolute atomic E-state index is 0.0577. The number of fused-ring (bicyclic) bond motifs is 1. The maximum absolute atomic E-state index is 12.7. The molecule has 2 aliphatic carbocycles. The molecule has 1 atom stereocenters. The summed E-state index contributed by atoms with van der Waals surface area (Å²) in [5.41, 5.74) is 4.26. The number of hydrogen-bond acceptors (Lipinski definition) is 2. The second-order valence-corrected chi connectivity index (χ2v) is 7.33. The van der Waals surface area contributed by atoms with Crippen molar-refractivity contribution in [3.8, 4) is 0 Å². The molecule has 134 valence electrons. The van der Waals surface area contributed by atoms with E-state index < -0.39 is 0 Å². The van der Waals surface area contributed by atoms with E-state index in [1.54, 1.807) is 0 Å². The van der Waals surface area contributed by atoms with E-state index in [0.717, 1.165) is 43.4 Å². The van der Waals surface area contributed by atoms with Crippen molar-refractivity contribution in [2.75, 3.05) is 5.32 Å². The molecule has 2 aromatic carbocycles. The molecular formula is C22H24N2O2. The van der Waals surface area contributed by atoms with Crippen molar-refractivity contribution in [2.24, 2.45) is 5.92 Å². The first-order valence-electron chi connectivity index (χ1n) is 9.46. The van der Waals surface area contributed by atoms with Gasteiger partial charge >= 0.3 is 0 Å². The van der Waals surface area contributed by atoms with E-state index in [0.29, 0.717) is 6.54 Å². The fourth-order valence-electron chi connectivity index (χ4n) is 3.69. The van der Waals surface area contributed by atoms with Gasteiger partial charge in [-0.3, -0.25) is 9.59 Å². The number of anilines is 1. The fraction of sp³-hybridized carbons (Fsp3) is 0.364. The summed E-state index contributed by atoms with van der Waals surface area (Å²) in [6.45, 7) is 0.477. The molecule has 2 aliphatic rings. The van der Waals surface area contributed by atoms with Gasteiger partial charge < -0.3 is 10.6 Å². The molecule has 2 aromatic rings. The molecule has 4 rings (SSSR count). The van der Waals surface area contributed by atoms with Crippen LogP contribution in [0.25, 0.3) is 0 Å². The standard InChI is InChI=1S/C22H24N2O2/c25-21(17-11-12-17)24-18-8-3-5-15(13-18)14-23-22(26)20-10-4-7-16-6-1-2-9-19(16)20/h1-3,5-6,8-9,13,17,20H,4,7,10-12,14H2,(H,23,26)(H,24,25)/t20-/m1/s1. The summed E-state index contributed by atoms with van der Waals surface area (Å²) in [4.78, 5) is 24.6. The summed E-state index contributed by atoms with van der Waals surface area (Å²) in [6.07, 6.45) is 5.00. The highest BCUT2D eigenvalue weighted by atomic mass is 16.2. The Bertz CT molecular complexity index is 826. The van der Waals surface area contributed by atoms with Crippen LogP contribution in [-0.4, -0.2) is 11.8 Å². The molecule has 26 heavy (non-hydrogen) atoms. The lowest BCUT2D eigenvalue weighted by Gasteiger charge is -2.24. The topological polar surface area (TPSA) is 58.2 Å². The molecule has 0 aliphatic heterocycles. The third-order valence-corrected chi connectivity index (χ3v) is 5.30. The second kappa shape index (κ2) is 7.32. The summed E-state index contributed by atoms with van der Waals surface area (Å²) in [5.74, 6) is 0.317. The number of benzene rings is 2. The van der Waals surface area contributed by atoms with E-state index in [9.17, 15) is 9.59 Å². The van der Waals surface area contributed by atoms with E-state index in [4.69, 9.17) is 0 Å². The van der Waals surface area contributed by atoms with Gasteiger partial charge in [0.1, 0.15) is 0 Å². The molecule has 1 saturated carbocycles. The van der Waals surface area contributed by atoms with Gasteiger partial charge in [0.15, 0.2) is 0 Å². The molecule has 0 bridgehead atoms. The Balaban J connectivity index is 1.38. The SMILES string of the molecule is O=C(Nc1cccc(CNC(=O)[C@@H]2CCCc3ccccc32)c1)C1CC1. The first kappa shape index (κ1) is 16.8. The summed E-state index contributed by atoms with van der Waals surface area (Å²) in [5, 5.41) is 6.03. The van der Waals surface area contributed by atoms with Crippen molar-refractivity contribution in [1.82, 2.24) is 5.32 Å². The quantitative estimate of drug-likeness (QED) is 0.864. The van der Waals surface area contributed by atoms with E-state index in [2.05, 4.69) is 22.8 Å². The molecule has 0 saturated heterocycles. The van der Waals surface area contributed by atoms with Crippen LogP contribution in [0.15, 0.2) is 48.5 Å². The van der Waals surface area contributed by atoms with Crippen LogP contribution in [0.5, 0.6) is 0 Å². The van der Waals surface area contributed by atoms with Gasteiger partial charge in [-0.05, 0) is 60.9 Å². The van der Waals surface area contributed by atoms with Gasteiger partial charge in [-0.25, -0.2) is 0 Å². The number of hydrogen-bond donors (Lipinski definition) is 2. The van der Waals surface area contributed by atoms with Gasteiger partial charge in [0.25, 0.3) is 0 Å². The Kier molecular flexibility index (Phi) is 4.74. The zero-order valence-corrected chi connectivity index (χ0v) is 14.8. The van der Waals surface area contributed by atoms with Crippen LogP contribution in [0, 0.1) is 5.92 Å². The van der Waals surface area contributed by atoms with Crippen molar-refractivity contribution in [1.29, 1.82) is 0 Å². The maximum atomic E-state index is 12.7. The average Bonchev–Trinajstić information content (AvgIpc) is 3.51. The molecule has 4 heteroatoms. The van der Waals surface area contributed by atoms with Crippen LogP contribution < -0.4 is 10.6 Å². The van der Waals surface area contributed by atoms with Crippen molar-refractivity contribution in [3.05, 3.63) is 65.2 Å². The monoisotopic (exact) mass is 348 g/mol.